The lowest BCUT2D eigenvalue weighted by atomic mass is 10.1. The second kappa shape index (κ2) is 12.6. The fraction of sp³-hybridized carbons (Fsp3) is 0.923. The minimum Gasteiger partial charge on any atom is -0.261 e. The summed E-state index contributed by atoms with van der Waals surface area (Å²) in [7, 11) is 0. The van der Waals surface area contributed by atoms with Crippen molar-refractivity contribution in [2.45, 2.75) is 70.6 Å². The van der Waals surface area contributed by atoms with Gasteiger partial charge in [0.05, 0.1) is 6.67 Å². The van der Waals surface area contributed by atoms with Gasteiger partial charge in [-0.15, -0.1) is 0 Å². The Morgan fingerprint density at radius 1 is 0.688 bits per heavy atom. The molecule has 0 amide bonds. The lowest BCUT2D eigenvalue weighted by molar-refractivity contribution is -0.129. The smallest absolute Gasteiger partial charge is 0.261 e. The van der Waals surface area contributed by atoms with Crippen LogP contribution < -0.4 is 0 Å². The molecule has 1 nitrogen and oxygen atoms in total. The van der Waals surface area contributed by atoms with Gasteiger partial charge in [-0.25, -0.2) is 0 Å². The highest BCUT2D eigenvalue weighted by Crippen LogP contribution is 2.11. The molecule has 0 aliphatic carbocycles. The second-order valence-electron chi connectivity index (χ2n) is 4.33. The van der Waals surface area contributed by atoms with E-state index in [1.807, 2.05) is 0 Å². The molecule has 0 heterocycles. The SMILES string of the molecule is O=C(F)CCCCCCCCCCCCF. The standard InChI is InChI=1S/C13H24F2O/c14-12-10-8-6-4-2-1-3-5-7-9-11-13(15)16/h1-12H2. The second-order valence-corrected chi connectivity index (χ2v) is 4.33. The Balaban J connectivity index is 2.90. The maximum atomic E-state index is 11.8. The monoisotopic (exact) mass is 234 g/mol. The van der Waals surface area contributed by atoms with Gasteiger partial charge >= 0.3 is 6.04 Å². The van der Waals surface area contributed by atoms with Crippen molar-refractivity contribution in [3.63, 3.8) is 0 Å². The average molecular weight is 234 g/mol. The molecule has 0 aromatic heterocycles. The van der Waals surface area contributed by atoms with Gasteiger partial charge in [0.1, 0.15) is 0 Å². The lowest BCUT2D eigenvalue weighted by Gasteiger charge is -2.01. The molecule has 0 spiro atoms. The van der Waals surface area contributed by atoms with Crippen LogP contribution in [0.25, 0.3) is 0 Å². The first-order chi connectivity index (χ1) is 7.77. The highest BCUT2D eigenvalue weighted by Gasteiger charge is 1.97. The third-order valence-electron chi connectivity index (χ3n) is 2.76. The van der Waals surface area contributed by atoms with E-state index >= 15 is 0 Å². The summed E-state index contributed by atoms with van der Waals surface area (Å²) in [6.45, 7) is -0.187. The van der Waals surface area contributed by atoms with E-state index in [-0.39, 0.29) is 13.1 Å². The van der Waals surface area contributed by atoms with Crippen molar-refractivity contribution in [2.75, 3.05) is 6.67 Å². The van der Waals surface area contributed by atoms with Gasteiger partial charge < -0.3 is 0 Å². The fourth-order valence-corrected chi connectivity index (χ4v) is 1.77. The molecule has 0 aromatic rings. The molecule has 0 unspecified atom stereocenters. The molecule has 0 N–H and O–H groups in total. The quantitative estimate of drug-likeness (QED) is 0.352. The summed E-state index contributed by atoms with van der Waals surface area (Å²) in [5, 5.41) is 0. The van der Waals surface area contributed by atoms with E-state index < -0.39 is 6.04 Å². The fourth-order valence-electron chi connectivity index (χ4n) is 1.77. The van der Waals surface area contributed by atoms with E-state index in [0.717, 1.165) is 25.7 Å². The van der Waals surface area contributed by atoms with Crippen LogP contribution in [0.5, 0.6) is 0 Å². The van der Waals surface area contributed by atoms with Crippen molar-refractivity contribution in [1.29, 1.82) is 0 Å². The molecular formula is C13H24F2O. The van der Waals surface area contributed by atoms with Crippen LogP contribution in [0.3, 0.4) is 0 Å². The van der Waals surface area contributed by atoms with Crippen molar-refractivity contribution in [2.24, 2.45) is 0 Å². The predicted octanol–water partition coefficient (Wildman–Crippen LogP) is 4.74. The first kappa shape index (κ1) is 15.5. The Morgan fingerprint density at radius 3 is 1.44 bits per heavy atom. The molecule has 0 aromatic carbocycles. The molecular weight excluding hydrogens is 210 g/mol. The zero-order valence-corrected chi connectivity index (χ0v) is 10.1. The van der Waals surface area contributed by atoms with Crippen LogP contribution in [0.4, 0.5) is 8.78 Å². The molecule has 3 heteroatoms. The van der Waals surface area contributed by atoms with E-state index in [1.165, 1.54) is 25.7 Å². The zero-order chi connectivity index (χ0) is 12.1. The summed E-state index contributed by atoms with van der Waals surface area (Å²) in [5.74, 6) is 0. The van der Waals surface area contributed by atoms with Gasteiger partial charge in [0.25, 0.3) is 0 Å². The number of alkyl halides is 1. The Labute approximate surface area is 97.6 Å². The largest absolute Gasteiger partial charge is 0.301 e. The number of rotatable bonds is 12. The minimum absolute atomic E-state index is 0.0865. The number of unbranched alkanes of at least 4 members (excludes halogenated alkanes) is 9. The van der Waals surface area contributed by atoms with Crippen LogP contribution in [-0.2, 0) is 4.79 Å². The van der Waals surface area contributed by atoms with Gasteiger partial charge in [0.15, 0.2) is 0 Å². The maximum absolute atomic E-state index is 11.8. The lowest BCUT2D eigenvalue weighted by Crippen LogP contribution is -1.87. The zero-order valence-electron chi connectivity index (χ0n) is 10.1. The van der Waals surface area contributed by atoms with Crippen LogP contribution in [-0.4, -0.2) is 12.7 Å². The van der Waals surface area contributed by atoms with Crippen LogP contribution in [0.1, 0.15) is 70.6 Å². The molecule has 16 heavy (non-hydrogen) atoms. The summed E-state index contributed by atoms with van der Waals surface area (Å²) < 4.78 is 23.6. The van der Waals surface area contributed by atoms with Crippen molar-refractivity contribution >= 4 is 6.04 Å². The van der Waals surface area contributed by atoms with Crippen LogP contribution in [0, 0.1) is 0 Å². The number of carbonyl (C=O) groups excluding carboxylic acids is 1. The number of hydrogen-bond donors (Lipinski definition) is 0. The molecule has 96 valence electrons. The minimum atomic E-state index is -1.19. The highest BCUT2D eigenvalue weighted by molar-refractivity contribution is 5.67. The van der Waals surface area contributed by atoms with E-state index in [0.29, 0.717) is 12.8 Å². The third-order valence-corrected chi connectivity index (χ3v) is 2.76. The van der Waals surface area contributed by atoms with E-state index in [2.05, 4.69) is 0 Å². The first-order valence-electron chi connectivity index (χ1n) is 6.51. The average Bonchev–Trinajstić information content (AvgIpc) is 2.25. The van der Waals surface area contributed by atoms with Gasteiger partial charge in [-0.3, -0.25) is 9.18 Å². The Kier molecular flexibility index (Phi) is 12.2. The summed E-state index contributed by atoms with van der Waals surface area (Å²) in [5.41, 5.74) is 0. The maximum Gasteiger partial charge on any atom is 0.301 e. The number of hydrogen-bond acceptors (Lipinski definition) is 1. The van der Waals surface area contributed by atoms with E-state index in [4.69, 9.17) is 0 Å². The first-order valence-corrected chi connectivity index (χ1v) is 6.51. The summed E-state index contributed by atoms with van der Waals surface area (Å²) in [6, 6.07) is -1.19. The molecule has 0 aliphatic heterocycles. The summed E-state index contributed by atoms with van der Waals surface area (Å²) in [6.07, 6.45) is 10.5. The van der Waals surface area contributed by atoms with Gasteiger partial charge in [-0.1, -0.05) is 51.4 Å². The highest BCUT2D eigenvalue weighted by atomic mass is 19.1. The molecule has 0 saturated carbocycles. The molecule has 0 aliphatic rings. The molecule has 0 bridgehead atoms. The topological polar surface area (TPSA) is 17.1 Å². The van der Waals surface area contributed by atoms with Crippen molar-refractivity contribution in [3.8, 4) is 0 Å². The third kappa shape index (κ3) is 13.5. The normalized spacial score (nSPS) is 10.6. The number of halogens is 2. The molecule has 0 fully saturated rings. The number of carbonyl (C=O) groups is 1. The van der Waals surface area contributed by atoms with Gasteiger partial charge in [-0.2, -0.15) is 4.39 Å². The van der Waals surface area contributed by atoms with Gasteiger partial charge in [-0.05, 0) is 12.8 Å². The van der Waals surface area contributed by atoms with Crippen LogP contribution in [0.15, 0.2) is 0 Å². The van der Waals surface area contributed by atoms with Crippen LogP contribution >= 0.6 is 0 Å². The Bertz CT molecular complexity index is 160. The van der Waals surface area contributed by atoms with Crippen LogP contribution in [0.2, 0.25) is 0 Å². The molecule has 0 saturated heterocycles. The van der Waals surface area contributed by atoms with E-state index in [9.17, 15) is 13.6 Å². The van der Waals surface area contributed by atoms with Crippen molar-refractivity contribution in [3.05, 3.63) is 0 Å². The van der Waals surface area contributed by atoms with Gasteiger partial charge in [0.2, 0.25) is 0 Å². The van der Waals surface area contributed by atoms with E-state index in [1.54, 1.807) is 0 Å². The summed E-state index contributed by atoms with van der Waals surface area (Å²) in [4.78, 5) is 10.0. The Hall–Kier alpha value is -0.470. The molecule has 0 atom stereocenters. The summed E-state index contributed by atoms with van der Waals surface area (Å²) >= 11 is 0. The van der Waals surface area contributed by atoms with Crippen molar-refractivity contribution in [1.82, 2.24) is 0 Å². The van der Waals surface area contributed by atoms with Crippen molar-refractivity contribution < 1.29 is 13.6 Å². The predicted molar refractivity (Wildman–Crippen MR) is 62.9 cm³/mol. The molecule has 0 radical (unpaired) electrons. The van der Waals surface area contributed by atoms with Gasteiger partial charge in [0, 0.05) is 6.42 Å². The molecule has 0 rings (SSSR count). The Morgan fingerprint density at radius 2 is 1.06 bits per heavy atom.